The van der Waals surface area contributed by atoms with Gasteiger partial charge in [-0.1, -0.05) is 23.7 Å². The average Bonchev–Trinajstić information content (AvgIpc) is 2.57. The number of halogens is 1. The Kier molecular flexibility index (Phi) is 3.15. The van der Waals surface area contributed by atoms with Gasteiger partial charge in [0.1, 0.15) is 0 Å². The SMILES string of the molecule is Cc1c(NCc2cccc(Cl)c2)cnn1C. The Bertz CT molecular complexity index is 491. The molecule has 0 aliphatic carbocycles. The van der Waals surface area contributed by atoms with Crippen molar-refractivity contribution in [1.29, 1.82) is 0 Å². The van der Waals surface area contributed by atoms with Gasteiger partial charge in [0.2, 0.25) is 0 Å². The van der Waals surface area contributed by atoms with Crippen LogP contribution >= 0.6 is 11.6 Å². The van der Waals surface area contributed by atoms with Crippen molar-refractivity contribution in [3.63, 3.8) is 0 Å². The molecule has 0 spiro atoms. The molecule has 0 radical (unpaired) electrons. The van der Waals surface area contributed by atoms with Crippen molar-refractivity contribution >= 4 is 17.3 Å². The van der Waals surface area contributed by atoms with Crippen LogP contribution in [0.15, 0.2) is 30.5 Å². The molecule has 0 saturated heterocycles. The van der Waals surface area contributed by atoms with Crippen LogP contribution in [0.1, 0.15) is 11.3 Å². The maximum Gasteiger partial charge on any atom is 0.0758 e. The molecule has 0 atom stereocenters. The Morgan fingerprint density at radius 2 is 2.25 bits per heavy atom. The highest BCUT2D eigenvalue weighted by molar-refractivity contribution is 6.30. The Balaban J connectivity index is 2.05. The maximum atomic E-state index is 5.92. The largest absolute Gasteiger partial charge is 0.378 e. The summed E-state index contributed by atoms with van der Waals surface area (Å²) in [6.45, 7) is 2.79. The van der Waals surface area contributed by atoms with E-state index in [0.29, 0.717) is 0 Å². The molecular formula is C12H14ClN3. The first-order valence-electron chi connectivity index (χ1n) is 5.14. The molecule has 84 valence electrons. The predicted octanol–water partition coefficient (Wildman–Crippen LogP) is 2.99. The average molecular weight is 236 g/mol. The second-order valence-electron chi connectivity index (χ2n) is 3.75. The second kappa shape index (κ2) is 4.58. The third kappa shape index (κ3) is 2.36. The molecule has 1 aromatic heterocycles. The van der Waals surface area contributed by atoms with Gasteiger partial charge in [0.05, 0.1) is 17.6 Å². The highest BCUT2D eigenvalue weighted by atomic mass is 35.5. The fourth-order valence-corrected chi connectivity index (χ4v) is 1.73. The third-order valence-electron chi connectivity index (χ3n) is 2.61. The second-order valence-corrected chi connectivity index (χ2v) is 4.19. The van der Waals surface area contributed by atoms with Crippen LogP contribution in [0.4, 0.5) is 5.69 Å². The van der Waals surface area contributed by atoms with E-state index < -0.39 is 0 Å². The van der Waals surface area contributed by atoms with E-state index in [0.717, 1.165) is 28.5 Å². The number of hydrogen-bond acceptors (Lipinski definition) is 2. The normalized spacial score (nSPS) is 10.4. The van der Waals surface area contributed by atoms with Crippen LogP contribution < -0.4 is 5.32 Å². The predicted molar refractivity (Wildman–Crippen MR) is 66.7 cm³/mol. The first-order valence-corrected chi connectivity index (χ1v) is 5.51. The minimum Gasteiger partial charge on any atom is -0.378 e. The summed E-state index contributed by atoms with van der Waals surface area (Å²) in [7, 11) is 1.93. The molecule has 1 aromatic carbocycles. The van der Waals surface area contributed by atoms with Gasteiger partial charge in [0.15, 0.2) is 0 Å². The van der Waals surface area contributed by atoms with E-state index in [4.69, 9.17) is 11.6 Å². The van der Waals surface area contributed by atoms with Crippen LogP contribution in [-0.2, 0) is 13.6 Å². The smallest absolute Gasteiger partial charge is 0.0758 e. The Morgan fingerprint density at radius 1 is 1.44 bits per heavy atom. The number of aryl methyl sites for hydroxylation is 1. The van der Waals surface area contributed by atoms with Gasteiger partial charge >= 0.3 is 0 Å². The molecule has 16 heavy (non-hydrogen) atoms. The third-order valence-corrected chi connectivity index (χ3v) is 2.84. The van der Waals surface area contributed by atoms with Crippen molar-refractivity contribution in [2.24, 2.45) is 7.05 Å². The van der Waals surface area contributed by atoms with Crippen molar-refractivity contribution in [3.8, 4) is 0 Å². The lowest BCUT2D eigenvalue weighted by molar-refractivity contribution is 0.740. The molecule has 2 rings (SSSR count). The molecule has 0 fully saturated rings. The first kappa shape index (κ1) is 11.0. The van der Waals surface area contributed by atoms with Gasteiger partial charge < -0.3 is 5.32 Å². The minimum absolute atomic E-state index is 0.757. The van der Waals surface area contributed by atoms with Crippen molar-refractivity contribution in [1.82, 2.24) is 9.78 Å². The fourth-order valence-electron chi connectivity index (χ4n) is 1.52. The number of nitrogens with zero attached hydrogens (tertiary/aromatic N) is 2. The summed E-state index contributed by atoms with van der Waals surface area (Å²) in [5.41, 5.74) is 3.35. The fraction of sp³-hybridized carbons (Fsp3) is 0.250. The summed E-state index contributed by atoms with van der Waals surface area (Å²) in [5, 5.41) is 8.28. The summed E-state index contributed by atoms with van der Waals surface area (Å²) in [6.07, 6.45) is 1.83. The van der Waals surface area contributed by atoms with Gasteiger partial charge in [-0.15, -0.1) is 0 Å². The highest BCUT2D eigenvalue weighted by Gasteiger charge is 2.02. The molecule has 0 saturated carbocycles. The number of anilines is 1. The number of aromatic nitrogens is 2. The van der Waals surface area contributed by atoms with Gasteiger partial charge in [-0.2, -0.15) is 5.10 Å². The highest BCUT2D eigenvalue weighted by Crippen LogP contribution is 2.15. The van der Waals surface area contributed by atoms with Crippen LogP contribution in [0.3, 0.4) is 0 Å². The van der Waals surface area contributed by atoms with Crippen LogP contribution in [0, 0.1) is 6.92 Å². The minimum atomic E-state index is 0.757. The molecular weight excluding hydrogens is 222 g/mol. The molecule has 0 aliphatic heterocycles. The lowest BCUT2D eigenvalue weighted by Crippen LogP contribution is -2.00. The van der Waals surface area contributed by atoms with Crippen molar-refractivity contribution in [3.05, 3.63) is 46.7 Å². The Hall–Kier alpha value is -1.48. The Labute approximate surface area is 100 Å². The van der Waals surface area contributed by atoms with E-state index in [1.807, 2.05) is 49.1 Å². The van der Waals surface area contributed by atoms with Crippen LogP contribution in [-0.4, -0.2) is 9.78 Å². The monoisotopic (exact) mass is 235 g/mol. The molecule has 0 bridgehead atoms. The first-order chi connectivity index (χ1) is 7.66. The zero-order chi connectivity index (χ0) is 11.5. The maximum absolute atomic E-state index is 5.92. The zero-order valence-corrected chi connectivity index (χ0v) is 10.1. The van der Waals surface area contributed by atoms with E-state index in [2.05, 4.69) is 10.4 Å². The van der Waals surface area contributed by atoms with Gasteiger partial charge in [0.25, 0.3) is 0 Å². The zero-order valence-electron chi connectivity index (χ0n) is 9.37. The van der Waals surface area contributed by atoms with E-state index in [-0.39, 0.29) is 0 Å². The van der Waals surface area contributed by atoms with Gasteiger partial charge in [0, 0.05) is 18.6 Å². The van der Waals surface area contributed by atoms with E-state index in [1.54, 1.807) is 0 Å². The quantitative estimate of drug-likeness (QED) is 0.887. The molecule has 1 heterocycles. The van der Waals surface area contributed by atoms with Crippen molar-refractivity contribution in [2.75, 3.05) is 5.32 Å². The van der Waals surface area contributed by atoms with Crippen molar-refractivity contribution in [2.45, 2.75) is 13.5 Å². The van der Waals surface area contributed by atoms with E-state index in [9.17, 15) is 0 Å². The number of rotatable bonds is 3. The summed E-state index contributed by atoms with van der Waals surface area (Å²) in [5.74, 6) is 0. The van der Waals surface area contributed by atoms with Gasteiger partial charge in [-0.05, 0) is 24.6 Å². The van der Waals surface area contributed by atoms with Gasteiger partial charge in [-0.25, -0.2) is 0 Å². The van der Waals surface area contributed by atoms with E-state index in [1.165, 1.54) is 0 Å². The number of hydrogen-bond donors (Lipinski definition) is 1. The lowest BCUT2D eigenvalue weighted by Gasteiger charge is -2.05. The topological polar surface area (TPSA) is 29.9 Å². The van der Waals surface area contributed by atoms with Crippen LogP contribution in [0.5, 0.6) is 0 Å². The molecule has 0 unspecified atom stereocenters. The van der Waals surface area contributed by atoms with E-state index >= 15 is 0 Å². The molecule has 3 nitrogen and oxygen atoms in total. The summed E-state index contributed by atoms with van der Waals surface area (Å²) >= 11 is 5.92. The molecule has 0 amide bonds. The molecule has 1 N–H and O–H groups in total. The van der Waals surface area contributed by atoms with Crippen LogP contribution in [0.2, 0.25) is 5.02 Å². The summed E-state index contributed by atoms with van der Waals surface area (Å²) in [6, 6.07) is 7.83. The molecule has 0 aliphatic rings. The Morgan fingerprint density at radius 3 is 2.88 bits per heavy atom. The standard InChI is InChI=1S/C12H14ClN3/c1-9-12(8-15-16(9)2)14-7-10-4-3-5-11(13)6-10/h3-6,8,14H,7H2,1-2H3. The van der Waals surface area contributed by atoms with Crippen LogP contribution in [0.25, 0.3) is 0 Å². The number of nitrogens with one attached hydrogen (secondary N) is 1. The summed E-state index contributed by atoms with van der Waals surface area (Å²) in [4.78, 5) is 0. The summed E-state index contributed by atoms with van der Waals surface area (Å²) < 4.78 is 1.85. The van der Waals surface area contributed by atoms with Crippen molar-refractivity contribution < 1.29 is 0 Å². The van der Waals surface area contributed by atoms with Gasteiger partial charge in [-0.3, -0.25) is 4.68 Å². The lowest BCUT2D eigenvalue weighted by atomic mass is 10.2. The number of benzene rings is 1. The molecule has 4 heteroatoms. The molecule has 2 aromatic rings.